The molecule has 1 heterocycles. The summed E-state index contributed by atoms with van der Waals surface area (Å²) < 4.78 is 5.41. The Labute approximate surface area is 110 Å². The Morgan fingerprint density at radius 1 is 1.42 bits per heavy atom. The van der Waals surface area contributed by atoms with Gasteiger partial charge in [-0.1, -0.05) is 12.1 Å². The van der Waals surface area contributed by atoms with Gasteiger partial charge in [0.25, 0.3) is 0 Å². The summed E-state index contributed by atoms with van der Waals surface area (Å²) in [7, 11) is 0. The van der Waals surface area contributed by atoms with Gasteiger partial charge in [0.2, 0.25) is 11.8 Å². The lowest BCUT2D eigenvalue weighted by atomic mass is 10.1. The maximum absolute atomic E-state index is 11.8. The SMILES string of the molecule is Cc1ccc2c(CC(=O)NC(C)C(N)=O)coc2c1. The average molecular weight is 260 g/mol. The van der Waals surface area contributed by atoms with Gasteiger partial charge < -0.3 is 15.5 Å². The van der Waals surface area contributed by atoms with Crippen LogP contribution in [-0.4, -0.2) is 17.9 Å². The van der Waals surface area contributed by atoms with E-state index >= 15 is 0 Å². The van der Waals surface area contributed by atoms with E-state index in [2.05, 4.69) is 5.32 Å². The number of amides is 2. The Morgan fingerprint density at radius 3 is 2.84 bits per heavy atom. The molecule has 0 radical (unpaired) electrons. The molecule has 2 aromatic rings. The van der Waals surface area contributed by atoms with Crippen LogP contribution in [0.1, 0.15) is 18.1 Å². The molecule has 0 aliphatic heterocycles. The monoisotopic (exact) mass is 260 g/mol. The molecule has 0 spiro atoms. The van der Waals surface area contributed by atoms with Gasteiger partial charge in [0.1, 0.15) is 11.6 Å². The molecule has 0 aliphatic carbocycles. The van der Waals surface area contributed by atoms with E-state index in [1.807, 2.05) is 25.1 Å². The molecule has 2 rings (SSSR count). The van der Waals surface area contributed by atoms with Gasteiger partial charge >= 0.3 is 0 Å². The highest BCUT2D eigenvalue weighted by molar-refractivity contribution is 5.90. The number of primary amides is 1. The smallest absolute Gasteiger partial charge is 0.239 e. The lowest BCUT2D eigenvalue weighted by molar-refractivity contribution is -0.126. The highest BCUT2D eigenvalue weighted by Gasteiger charge is 2.15. The first-order chi connectivity index (χ1) is 8.97. The van der Waals surface area contributed by atoms with E-state index in [0.717, 1.165) is 22.1 Å². The van der Waals surface area contributed by atoms with E-state index in [0.29, 0.717) is 0 Å². The fraction of sp³-hybridized carbons (Fsp3) is 0.286. The van der Waals surface area contributed by atoms with E-state index < -0.39 is 11.9 Å². The van der Waals surface area contributed by atoms with Gasteiger partial charge in [0.05, 0.1) is 12.7 Å². The second kappa shape index (κ2) is 5.14. The standard InChI is InChI=1S/C14H16N2O3/c1-8-3-4-11-10(7-19-12(11)5-8)6-13(17)16-9(2)14(15)18/h3-5,7,9H,6H2,1-2H3,(H2,15,18)(H,16,17). The number of benzene rings is 1. The van der Waals surface area contributed by atoms with Gasteiger partial charge in [-0.25, -0.2) is 0 Å². The van der Waals surface area contributed by atoms with Crippen molar-refractivity contribution in [2.24, 2.45) is 5.73 Å². The number of carbonyl (C=O) groups is 2. The maximum atomic E-state index is 11.8. The van der Waals surface area contributed by atoms with Crippen LogP contribution in [0, 0.1) is 6.92 Å². The largest absolute Gasteiger partial charge is 0.464 e. The number of hydrogen-bond acceptors (Lipinski definition) is 3. The van der Waals surface area contributed by atoms with Gasteiger partial charge in [-0.2, -0.15) is 0 Å². The molecule has 2 amide bonds. The second-order valence-corrected chi connectivity index (χ2v) is 4.63. The van der Waals surface area contributed by atoms with Crippen molar-refractivity contribution in [1.29, 1.82) is 0 Å². The van der Waals surface area contributed by atoms with Crippen molar-refractivity contribution in [2.75, 3.05) is 0 Å². The minimum absolute atomic E-state index is 0.160. The second-order valence-electron chi connectivity index (χ2n) is 4.63. The fourth-order valence-electron chi connectivity index (χ4n) is 1.86. The third kappa shape index (κ3) is 2.93. The topological polar surface area (TPSA) is 85.3 Å². The zero-order valence-electron chi connectivity index (χ0n) is 10.9. The van der Waals surface area contributed by atoms with Gasteiger partial charge in [-0.05, 0) is 25.5 Å². The van der Waals surface area contributed by atoms with E-state index in [4.69, 9.17) is 10.2 Å². The van der Waals surface area contributed by atoms with Gasteiger partial charge in [-0.15, -0.1) is 0 Å². The first kappa shape index (κ1) is 13.1. The van der Waals surface area contributed by atoms with Crippen molar-refractivity contribution in [1.82, 2.24) is 5.32 Å². The first-order valence-corrected chi connectivity index (χ1v) is 6.03. The molecule has 0 bridgehead atoms. The van der Waals surface area contributed by atoms with Crippen molar-refractivity contribution in [3.05, 3.63) is 35.6 Å². The Bertz CT molecular complexity index is 631. The summed E-state index contributed by atoms with van der Waals surface area (Å²) in [5.41, 5.74) is 7.74. The molecule has 0 aliphatic rings. The van der Waals surface area contributed by atoms with E-state index in [-0.39, 0.29) is 12.3 Å². The Hall–Kier alpha value is -2.30. The van der Waals surface area contributed by atoms with Crippen LogP contribution in [0.5, 0.6) is 0 Å². The number of nitrogens with two attached hydrogens (primary N) is 1. The summed E-state index contributed by atoms with van der Waals surface area (Å²) in [6.07, 6.45) is 1.73. The Kier molecular flexibility index (Phi) is 3.55. The average Bonchev–Trinajstić information content (AvgIpc) is 2.71. The number of fused-ring (bicyclic) bond motifs is 1. The van der Waals surface area contributed by atoms with Gasteiger partial charge in [0, 0.05) is 10.9 Å². The number of hydrogen-bond donors (Lipinski definition) is 2. The van der Waals surface area contributed by atoms with Crippen LogP contribution in [0.3, 0.4) is 0 Å². The number of aryl methyl sites for hydroxylation is 1. The van der Waals surface area contributed by atoms with Crippen LogP contribution >= 0.6 is 0 Å². The zero-order chi connectivity index (χ0) is 14.0. The molecule has 1 unspecified atom stereocenters. The first-order valence-electron chi connectivity index (χ1n) is 6.03. The summed E-state index contributed by atoms with van der Waals surface area (Å²) in [5, 5.41) is 3.45. The summed E-state index contributed by atoms with van der Waals surface area (Å²) in [5.74, 6) is -0.810. The maximum Gasteiger partial charge on any atom is 0.239 e. The molecule has 5 heteroatoms. The van der Waals surface area contributed by atoms with Crippen molar-refractivity contribution in [3.63, 3.8) is 0 Å². The van der Waals surface area contributed by atoms with Crippen LogP contribution in [-0.2, 0) is 16.0 Å². The minimum atomic E-state index is -0.673. The molecule has 0 saturated heterocycles. The van der Waals surface area contributed by atoms with Gasteiger partial charge in [-0.3, -0.25) is 9.59 Å². The molecule has 1 aromatic carbocycles. The Morgan fingerprint density at radius 2 is 2.16 bits per heavy atom. The number of rotatable bonds is 4. The third-order valence-corrected chi connectivity index (χ3v) is 2.97. The zero-order valence-corrected chi connectivity index (χ0v) is 10.9. The van der Waals surface area contributed by atoms with E-state index in [1.165, 1.54) is 0 Å². The number of carbonyl (C=O) groups excluding carboxylic acids is 2. The predicted octanol–water partition coefficient (Wildman–Crippen LogP) is 1.27. The lowest BCUT2D eigenvalue weighted by Crippen LogP contribution is -2.42. The highest BCUT2D eigenvalue weighted by Crippen LogP contribution is 2.22. The van der Waals surface area contributed by atoms with Crippen molar-refractivity contribution < 1.29 is 14.0 Å². The van der Waals surface area contributed by atoms with Crippen molar-refractivity contribution >= 4 is 22.8 Å². The molecular formula is C14H16N2O3. The molecule has 19 heavy (non-hydrogen) atoms. The van der Waals surface area contributed by atoms with Gasteiger partial charge in [0.15, 0.2) is 0 Å². The Balaban J connectivity index is 2.13. The van der Waals surface area contributed by atoms with Crippen LogP contribution in [0.2, 0.25) is 0 Å². The molecule has 100 valence electrons. The highest BCUT2D eigenvalue weighted by atomic mass is 16.3. The van der Waals surface area contributed by atoms with Crippen LogP contribution in [0.4, 0.5) is 0 Å². The van der Waals surface area contributed by atoms with Crippen LogP contribution in [0.15, 0.2) is 28.9 Å². The van der Waals surface area contributed by atoms with E-state index in [9.17, 15) is 9.59 Å². The third-order valence-electron chi connectivity index (χ3n) is 2.97. The lowest BCUT2D eigenvalue weighted by Gasteiger charge is -2.09. The molecule has 0 saturated carbocycles. The minimum Gasteiger partial charge on any atom is -0.464 e. The summed E-state index contributed by atoms with van der Waals surface area (Å²) in [4.78, 5) is 22.7. The molecular weight excluding hydrogens is 244 g/mol. The molecule has 1 atom stereocenters. The summed E-state index contributed by atoms with van der Waals surface area (Å²) in [6.45, 7) is 3.53. The van der Waals surface area contributed by atoms with Crippen LogP contribution in [0.25, 0.3) is 11.0 Å². The predicted molar refractivity (Wildman–Crippen MR) is 71.5 cm³/mol. The quantitative estimate of drug-likeness (QED) is 0.868. The summed E-state index contributed by atoms with van der Waals surface area (Å²) in [6, 6.07) is 5.13. The molecule has 1 aromatic heterocycles. The van der Waals surface area contributed by atoms with Crippen molar-refractivity contribution in [2.45, 2.75) is 26.3 Å². The summed E-state index contributed by atoms with van der Waals surface area (Å²) >= 11 is 0. The number of nitrogens with one attached hydrogen (secondary N) is 1. The molecule has 0 fully saturated rings. The molecule has 5 nitrogen and oxygen atoms in total. The molecule has 3 N–H and O–H groups in total. The van der Waals surface area contributed by atoms with Crippen LogP contribution < -0.4 is 11.1 Å². The van der Waals surface area contributed by atoms with Crippen molar-refractivity contribution in [3.8, 4) is 0 Å². The van der Waals surface area contributed by atoms with E-state index in [1.54, 1.807) is 13.2 Å². The number of furan rings is 1. The normalized spacial score (nSPS) is 12.3. The fourth-order valence-corrected chi connectivity index (χ4v) is 1.86.